The van der Waals surface area contributed by atoms with Crippen LogP contribution in [0.15, 0.2) is 60.3 Å². The highest BCUT2D eigenvalue weighted by molar-refractivity contribution is 5.96. The molecular formula is C18H17NO4. The molecule has 1 amide bonds. The molecule has 5 nitrogen and oxygen atoms in total. The van der Waals surface area contributed by atoms with E-state index in [1.54, 1.807) is 24.3 Å². The molecule has 0 atom stereocenters. The molecule has 0 aliphatic rings. The molecule has 2 aromatic rings. The van der Waals surface area contributed by atoms with Gasteiger partial charge in [-0.05, 0) is 29.3 Å². The van der Waals surface area contributed by atoms with Crippen LogP contribution in [-0.2, 0) is 16.2 Å². The number of ether oxygens (including phenoxy) is 1. The quantitative estimate of drug-likeness (QED) is 0.804. The number of carbonyl (C=O) groups is 2. The smallest absolute Gasteiger partial charge is 0.352 e. The lowest BCUT2D eigenvalue weighted by Crippen LogP contribution is -2.24. The van der Waals surface area contributed by atoms with Gasteiger partial charge in [-0.25, -0.2) is 4.79 Å². The van der Waals surface area contributed by atoms with Crippen molar-refractivity contribution in [3.8, 4) is 5.75 Å². The van der Waals surface area contributed by atoms with E-state index >= 15 is 0 Å². The molecule has 0 aromatic heterocycles. The molecule has 0 saturated carbocycles. The molecule has 0 spiro atoms. The molecular weight excluding hydrogens is 294 g/mol. The van der Waals surface area contributed by atoms with Gasteiger partial charge in [-0.15, -0.1) is 0 Å². The summed E-state index contributed by atoms with van der Waals surface area (Å²) in [6, 6.07) is 16.7. The van der Waals surface area contributed by atoms with Gasteiger partial charge in [0.15, 0.2) is 0 Å². The second-order valence-corrected chi connectivity index (χ2v) is 4.89. The number of aliphatic carboxylic acids is 1. The fraction of sp³-hybridized carbons (Fsp3) is 0.111. The van der Waals surface area contributed by atoms with Gasteiger partial charge in [-0.2, -0.15) is 0 Å². The van der Waals surface area contributed by atoms with Gasteiger partial charge in [-0.3, -0.25) is 4.79 Å². The van der Waals surface area contributed by atoms with Gasteiger partial charge in [0.2, 0.25) is 5.91 Å². The van der Waals surface area contributed by atoms with E-state index in [2.05, 4.69) is 5.32 Å². The summed E-state index contributed by atoms with van der Waals surface area (Å²) in [7, 11) is 0. The Kier molecular flexibility index (Phi) is 5.52. The first kappa shape index (κ1) is 16.3. The monoisotopic (exact) mass is 311 g/mol. The fourth-order valence-corrected chi connectivity index (χ4v) is 1.91. The molecule has 2 rings (SSSR count). The van der Waals surface area contributed by atoms with Crippen LogP contribution in [0.4, 0.5) is 0 Å². The lowest BCUT2D eigenvalue weighted by atomic mass is 10.2. The van der Waals surface area contributed by atoms with E-state index in [0.717, 1.165) is 5.56 Å². The number of hydrogen-bond acceptors (Lipinski definition) is 3. The van der Waals surface area contributed by atoms with Gasteiger partial charge in [0.25, 0.3) is 0 Å². The number of carboxylic acids is 1. The Bertz CT molecular complexity index is 706. The topological polar surface area (TPSA) is 75.6 Å². The molecule has 0 aliphatic heterocycles. The average molecular weight is 311 g/mol. The van der Waals surface area contributed by atoms with Crippen molar-refractivity contribution in [2.45, 2.75) is 13.5 Å². The highest BCUT2D eigenvalue weighted by Crippen LogP contribution is 2.16. The van der Waals surface area contributed by atoms with Gasteiger partial charge in [0.1, 0.15) is 18.1 Å². The highest BCUT2D eigenvalue weighted by atomic mass is 16.5. The summed E-state index contributed by atoms with van der Waals surface area (Å²) in [5, 5.41) is 11.3. The van der Waals surface area contributed by atoms with E-state index in [1.165, 1.54) is 13.0 Å². The van der Waals surface area contributed by atoms with Crippen molar-refractivity contribution in [2.75, 3.05) is 0 Å². The molecule has 118 valence electrons. The lowest BCUT2D eigenvalue weighted by molar-refractivity contribution is -0.134. The van der Waals surface area contributed by atoms with Gasteiger partial charge in [0.05, 0.1) is 0 Å². The first-order chi connectivity index (χ1) is 11.0. The molecule has 2 aromatic carbocycles. The van der Waals surface area contributed by atoms with Crippen LogP contribution >= 0.6 is 0 Å². The minimum Gasteiger partial charge on any atom is -0.489 e. The number of carboxylic acid groups (broad SMARTS) is 1. The van der Waals surface area contributed by atoms with Crippen LogP contribution in [0.25, 0.3) is 6.08 Å². The Balaban J connectivity index is 2.03. The third-order valence-electron chi connectivity index (χ3n) is 2.98. The summed E-state index contributed by atoms with van der Waals surface area (Å²) >= 11 is 0. The number of hydrogen-bond donors (Lipinski definition) is 2. The first-order valence-corrected chi connectivity index (χ1v) is 7.04. The summed E-state index contributed by atoms with van der Waals surface area (Å²) in [6.45, 7) is 1.72. The van der Waals surface area contributed by atoms with Crippen LogP contribution in [0.3, 0.4) is 0 Å². The standard InChI is InChI=1S/C18H17NO4/c1-13(20)19-17(18(21)22)11-14-7-9-16(10-8-14)23-12-15-5-3-2-4-6-15/h2-11H,12H2,1H3,(H,19,20)(H,21,22). The minimum absolute atomic E-state index is 0.171. The second-order valence-electron chi connectivity index (χ2n) is 4.89. The maximum Gasteiger partial charge on any atom is 0.352 e. The summed E-state index contributed by atoms with van der Waals surface area (Å²) in [5.74, 6) is -0.937. The van der Waals surface area contributed by atoms with E-state index < -0.39 is 11.9 Å². The van der Waals surface area contributed by atoms with Gasteiger partial charge < -0.3 is 15.2 Å². The maximum absolute atomic E-state index is 11.1. The third kappa shape index (κ3) is 5.32. The van der Waals surface area contributed by atoms with Crippen molar-refractivity contribution in [1.82, 2.24) is 5.32 Å². The van der Waals surface area contributed by atoms with Crippen molar-refractivity contribution < 1.29 is 19.4 Å². The summed E-state index contributed by atoms with van der Waals surface area (Å²) in [6.07, 6.45) is 1.39. The van der Waals surface area contributed by atoms with Crippen LogP contribution in [-0.4, -0.2) is 17.0 Å². The Morgan fingerprint density at radius 2 is 1.74 bits per heavy atom. The normalized spacial score (nSPS) is 10.9. The van der Waals surface area contributed by atoms with Gasteiger partial charge in [0, 0.05) is 6.92 Å². The second kappa shape index (κ2) is 7.79. The van der Waals surface area contributed by atoms with E-state index in [0.29, 0.717) is 17.9 Å². The van der Waals surface area contributed by atoms with Gasteiger partial charge in [-0.1, -0.05) is 42.5 Å². The highest BCUT2D eigenvalue weighted by Gasteiger charge is 2.08. The van der Waals surface area contributed by atoms with E-state index in [1.807, 2.05) is 30.3 Å². The Labute approximate surface area is 134 Å². The number of nitrogens with one attached hydrogen (secondary N) is 1. The van der Waals surface area contributed by atoms with Crippen LogP contribution in [0.2, 0.25) is 0 Å². The SMILES string of the molecule is CC(=O)NC(=Cc1ccc(OCc2ccccc2)cc1)C(=O)O. The van der Waals surface area contributed by atoms with Crippen molar-refractivity contribution in [3.05, 3.63) is 71.4 Å². The number of carbonyl (C=O) groups excluding carboxylic acids is 1. The molecule has 0 fully saturated rings. The summed E-state index contributed by atoms with van der Waals surface area (Å²) < 4.78 is 5.66. The molecule has 5 heteroatoms. The number of rotatable bonds is 6. The van der Waals surface area contributed by atoms with Gasteiger partial charge >= 0.3 is 5.97 Å². The van der Waals surface area contributed by atoms with Crippen LogP contribution < -0.4 is 10.1 Å². The molecule has 2 N–H and O–H groups in total. The van der Waals surface area contributed by atoms with Crippen molar-refractivity contribution in [2.24, 2.45) is 0 Å². The Hall–Kier alpha value is -3.08. The lowest BCUT2D eigenvalue weighted by Gasteiger charge is -2.07. The van der Waals surface area contributed by atoms with Crippen LogP contribution in [0.1, 0.15) is 18.1 Å². The summed E-state index contributed by atoms with van der Waals surface area (Å²) in [4.78, 5) is 22.0. The molecule has 0 radical (unpaired) electrons. The van der Waals surface area contributed by atoms with Crippen molar-refractivity contribution in [3.63, 3.8) is 0 Å². The zero-order valence-corrected chi connectivity index (χ0v) is 12.7. The number of amides is 1. The predicted octanol–water partition coefficient (Wildman–Crippen LogP) is 2.83. The Morgan fingerprint density at radius 3 is 2.30 bits per heavy atom. The average Bonchev–Trinajstić information content (AvgIpc) is 2.54. The van der Waals surface area contributed by atoms with Crippen molar-refractivity contribution >= 4 is 18.0 Å². The third-order valence-corrected chi connectivity index (χ3v) is 2.98. The predicted molar refractivity (Wildman–Crippen MR) is 86.6 cm³/mol. The molecule has 0 bridgehead atoms. The Morgan fingerprint density at radius 1 is 1.09 bits per heavy atom. The fourth-order valence-electron chi connectivity index (χ4n) is 1.91. The minimum atomic E-state index is -1.19. The summed E-state index contributed by atoms with van der Waals surface area (Å²) in [5.41, 5.74) is 1.55. The van der Waals surface area contributed by atoms with Crippen LogP contribution in [0.5, 0.6) is 5.75 Å². The van der Waals surface area contributed by atoms with Crippen LogP contribution in [0, 0.1) is 0 Å². The molecule has 0 aliphatic carbocycles. The number of benzene rings is 2. The van der Waals surface area contributed by atoms with Crippen molar-refractivity contribution in [1.29, 1.82) is 0 Å². The largest absolute Gasteiger partial charge is 0.489 e. The molecule has 0 saturated heterocycles. The van der Waals surface area contributed by atoms with E-state index in [-0.39, 0.29) is 5.70 Å². The maximum atomic E-state index is 11.1. The molecule has 0 heterocycles. The van der Waals surface area contributed by atoms with E-state index in [4.69, 9.17) is 9.84 Å². The first-order valence-electron chi connectivity index (χ1n) is 7.04. The molecule has 23 heavy (non-hydrogen) atoms. The molecule has 0 unspecified atom stereocenters. The zero-order valence-electron chi connectivity index (χ0n) is 12.7. The zero-order chi connectivity index (χ0) is 16.7. The van der Waals surface area contributed by atoms with E-state index in [9.17, 15) is 9.59 Å².